The lowest BCUT2D eigenvalue weighted by Crippen LogP contribution is -2.58. The first-order valence-corrected chi connectivity index (χ1v) is 12.5. The molecule has 2 saturated heterocycles. The number of amides is 2. The molecule has 0 spiro atoms. The van der Waals surface area contributed by atoms with Crippen LogP contribution in [0.5, 0.6) is 0 Å². The highest BCUT2D eigenvalue weighted by atomic mass is 32.1. The predicted molar refractivity (Wildman–Crippen MR) is 128 cm³/mol. The van der Waals surface area contributed by atoms with Gasteiger partial charge in [0.25, 0.3) is 0 Å². The van der Waals surface area contributed by atoms with E-state index < -0.39 is 29.0 Å². The van der Waals surface area contributed by atoms with Crippen molar-refractivity contribution in [2.75, 3.05) is 18.5 Å². The second kappa shape index (κ2) is 10.8. The van der Waals surface area contributed by atoms with Crippen LogP contribution in [0.4, 0.5) is 9.93 Å². The first-order chi connectivity index (χ1) is 16.4. The molecule has 2 aliphatic heterocycles. The number of thiazole rings is 1. The maximum Gasteiger partial charge on any atom is 0.413 e. The average Bonchev–Trinajstić information content (AvgIpc) is 3.22. The molecule has 192 valence electrons. The summed E-state index contributed by atoms with van der Waals surface area (Å²) in [5.41, 5.74) is -1.83. The Kier molecular flexibility index (Phi) is 8.26. The topological polar surface area (TPSA) is 145 Å². The minimum absolute atomic E-state index is 0.0743. The van der Waals surface area contributed by atoms with Crippen molar-refractivity contribution in [3.05, 3.63) is 11.1 Å². The predicted octanol–water partition coefficient (Wildman–Crippen LogP) is 2.83. The molecule has 0 unspecified atom stereocenters. The zero-order valence-electron chi connectivity index (χ0n) is 20.6. The third-order valence-electron chi connectivity index (χ3n) is 5.87. The number of aromatic nitrogens is 1. The van der Waals surface area contributed by atoms with Crippen molar-refractivity contribution in [2.45, 2.75) is 77.5 Å². The van der Waals surface area contributed by atoms with Crippen LogP contribution in [0.25, 0.3) is 0 Å². The average molecular weight is 509 g/mol. The number of nitrogens with zero attached hydrogens (tertiary/aromatic N) is 2. The number of carbonyl (C=O) groups is 4. The van der Waals surface area contributed by atoms with Gasteiger partial charge in [0.05, 0.1) is 19.1 Å². The molecular formula is C23H32N4O7S. The van der Waals surface area contributed by atoms with E-state index in [2.05, 4.69) is 20.8 Å². The van der Waals surface area contributed by atoms with Crippen LogP contribution in [0.3, 0.4) is 0 Å². The number of ketones is 2. The maximum atomic E-state index is 13.3. The standard InChI is InChI=1S/C23H32N4O7S/c1-6-15-14(19(30)24-15)11-17(29)18(27-34-23(13(2)28)7-9-32-10-8-23)16-12-35-20(25-16)26-21(31)33-22(3,4)5/h12,14-15H,6-11H2,1-5H3,(H,24,30)(H,25,26,31)/b27-18-/t14-,15+/m0/s1. The number of ether oxygens (including phenoxy) is 2. The van der Waals surface area contributed by atoms with Gasteiger partial charge in [-0.2, -0.15) is 0 Å². The van der Waals surface area contributed by atoms with E-state index in [-0.39, 0.29) is 40.7 Å². The van der Waals surface area contributed by atoms with Crippen LogP contribution >= 0.6 is 11.3 Å². The van der Waals surface area contributed by atoms with Gasteiger partial charge in [-0.15, -0.1) is 11.3 Å². The van der Waals surface area contributed by atoms with E-state index in [4.69, 9.17) is 14.3 Å². The summed E-state index contributed by atoms with van der Waals surface area (Å²) < 4.78 is 10.6. The van der Waals surface area contributed by atoms with Crippen LogP contribution < -0.4 is 10.6 Å². The zero-order valence-corrected chi connectivity index (χ0v) is 21.5. The van der Waals surface area contributed by atoms with E-state index >= 15 is 0 Å². The molecule has 0 bridgehead atoms. The van der Waals surface area contributed by atoms with Crippen LogP contribution in [-0.4, -0.2) is 64.7 Å². The number of hydrogen-bond acceptors (Lipinski definition) is 10. The van der Waals surface area contributed by atoms with Crippen molar-refractivity contribution >= 4 is 45.7 Å². The van der Waals surface area contributed by atoms with Gasteiger partial charge in [0.15, 0.2) is 28.0 Å². The van der Waals surface area contributed by atoms with Crippen LogP contribution in [0.2, 0.25) is 0 Å². The number of Topliss-reactive ketones (excluding diaryl/α,β-unsaturated/α-hetero) is 2. The first-order valence-electron chi connectivity index (χ1n) is 11.6. The molecule has 11 nitrogen and oxygen atoms in total. The Labute approximate surface area is 208 Å². The molecule has 2 aliphatic rings. The normalized spacial score (nSPS) is 22.0. The van der Waals surface area contributed by atoms with E-state index in [0.717, 1.165) is 11.3 Å². The number of hydrogen-bond donors (Lipinski definition) is 2. The molecule has 2 amide bonds. The molecular weight excluding hydrogens is 476 g/mol. The van der Waals surface area contributed by atoms with Gasteiger partial charge in [-0.05, 0) is 34.1 Å². The van der Waals surface area contributed by atoms with Gasteiger partial charge in [0.1, 0.15) is 11.3 Å². The fourth-order valence-electron chi connectivity index (χ4n) is 3.81. The fourth-order valence-corrected chi connectivity index (χ4v) is 4.49. The van der Waals surface area contributed by atoms with Gasteiger partial charge >= 0.3 is 6.09 Å². The summed E-state index contributed by atoms with van der Waals surface area (Å²) in [5, 5.41) is 11.2. The number of anilines is 1. The van der Waals surface area contributed by atoms with Gasteiger partial charge in [-0.25, -0.2) is 9.78 Å². The first kappa shape index (κ1) is 26.7. The quantitative estimate of drug-likeness (QED) is 0.294. The molecule has 2 atom stereocenters. The Morgan fingerprint density at radius 1 is 1.31 bits per heavy atom. The lowest BCUT2D eigenvalue weighted by atomic mass is 9.83. The number of β-lactam (4-membered cyclic amide) rings is 1. The van der Waals surface area contributed by atoms with Crippen molar-refractivity contribution in [3.63, 3.8) is 0 Å². The number of oxime groups is 1. The second-order valence-electron chi connectivity index (χ2n) is 9.62. The molecule has 3 rings (SSSR count). The summed E-state index contributed by atoms with van der Waals surface area (Å²) in [5.74, 6) is -1.32. The maximum absolute atomic E-state index is 13.3. The van der Waals surface area contributed by atoms with Gasteiger partial charge in [-0.3, -0.25) is 19.7 Å². The molecule has 3 heterocycles. The lowest BCUT2D eigenvalue weighted by molar-refractivity contribution is -0.156. The summed E-state index contributed by atoms with van der Waals surface area (Å²) in [6.45, 7) is 9.22. The number of rotatable bonds is 9. The van der Waals surface area contributed by atoms with E-state index in [1.54, 1.807) is 26.2 Å². The van der Waals surface area contributed by atoms with Crippen molar-refractivity contribution < 1.29 is 33.5 Å². The minimum Gasteiger partial charge on any atom is -0.444 e. The van der Waals surface area contributed by atoms with Crippen molar-refractivity contribution in [1.29, 1.82) is 0 Å². The highest BCUT2D eigenvalue weighted by Gasteiger charge is 2.42. The second-order valence-corrected chi connectivity index (χ2v) is 10.5. The SMILES string of the molecule is CC[C@H]1NC(=O)[C@H]1CC(=O)/C(=N\OC1(C(C)=O)CCOCC1)c1csc(NC(=O)OC(C)(C)C)n1. The molecule has 35 heavy (non-hydrogen) atoms. The largest absolute Gasteiger partial charge is 0.444 e. The summed E-state index contributed by atoms with van der Waals surface area (Å²) in [6.07, 6.45) is 0.544. The lowest BCUT2D eigenvalue weighted by Gasteiger charge is -2.35. The van der Waals surface area contributed by atoms with Crippen LogP contribution in [0.1, 0.15) is 66.0 Å². The summed E-state index contributed by atoms with van der Waals surface area (Å²) in [6, 6.07) is -0.0903. The summed E-state index contributed by atoms with van der Waals surface area (Å²) in [7, 11) is 0. The molecule has 12 heteroatoms. The van der Waals surface area contributed by atoms with Crippen molar-refractivity contribution in [1.82, 2.24) is 10.3 Å². The van der Waals surface area contributed by atoms with Crippen LogP contribution in [0, 0.1) is 5.92 Å². The molecule has 1 aromatic heterocycles. The highest BCUT2D eigenvalue weighted by molar-refractivity contribution is 7.14. The number of carbonyl (C=O) groups excluding carboxylic acids is 4. The van der Waals surface area contributed by atoms with Crippen LogP contribution in [-0.2, 0) is 28.7 Å². The van der Waals surface area contributed by atoms with Gasteiger partial charge in [0.2, 0.25) is 5.91 Å². The summed E-state index contributed by atoms with van der Waals surface area (Å²) >= 11 is 1.08. The molecule has 0 radical (unpaired) electrons. The minimum atomic E-state index is -1.20. The van der Waals surface area contributed by atoms with Crippen molar-refractivity contribution in [2.24, 2.45) is 11.1 Å². The smallest absolute Gasteiger partial charge is 0.413 e. The molecule has 0 aromatic carbocycles. The number of nitrogens with one attached hydrogen (secondary N) is 2. The molecule has 2 N–H and O–H groups in total. The highest BCUT2D eigenvalue weighted by Crippen LogP contribution is 2.28. The van der Waals surface area contributed by atoms with E-state index in [1.165, 1.54) is 6.92 Å². The Bertz CT molecular complexity index is 1010. The monoisotopic (exact) mass is 508 g/mol. The Hall–Kier alpha value is -2.86. The molecule has 0 aliphatic carbocycles. The Morgan fingerprint density at radius 2 is 2.00 bits per heavy atom. The molecule has 0 saturated carbocycles. The fraction of sp³-hybridized carbons (Fsp3) is 0.652. The van der Waals surface area contributed by atoms with Crippen molar-refractivity contribution in [3.8, 4) is 0 Å². The van der Waals surface area contributed by atoms with Gasteiger partial charge in [-0.1, -0.05) is 12.1 Å². The zero-order chi connectivity index (χ0) is 25.8. The van der Waals surface area contributed by atoms with Gasteiger partial charge in [0, 0.05) is 30.7 Å². The van der Waals surface area contributed by atoms with E-state index in [0.29, 0.717) is 32.5 Å². The third kappa shape index (κ3) is 6.63. The van der Waals surface area contributed by atoms with E-state index in [1.807, 2.05) is 6.92 Å². The summed E-state index contributed by atoms with van der Waals surface area (Å²) in [4.78, 5) is 59.8. The third-order valence-corrected chi connectivity index (χ3v) is 6.63. The van der Waals surface area contributed by atoms with E-state index in [9.17, 15) is 19.2 Å². The molecule has 2 fully saturated rings. The Morgan fingerprint density at radius 3 is 2.57 bits per heavy atom. The van der Waals surface area contributed by atoms with Crippen LogP contribution in [0.15, 0.2) is 10.5 Å². The molecule has 1 aromatic rings. The Balaban J connectivity index is 1.85. The van der Waals surface area contributed by atoms with Gasteiger partial charge < -0.3 is 19.6 Å².